The molecule has 0 aromatic rings. The molecule has 0 spiro atoms. The molecule has 0 saturated heterocycles. The summed E-state index contributed by atoms with van der Waals surface area (Å²) in [6.07, 6.45) is 14.2. The van der Waals surface area contributed by atoms with Gasteiger partial charge in [0.15, 0.2) is 5.25 Å². The van der Waals surface area contributed by atoms with Crippen molar-refractivity contribution >= 4 is 81.2 Å². The molecular formula is C22H44Na2O7S. The second-order valence-corrected chi connectivity index (χ2v) is 9.73. The van der Waals surface area contributed by atoms with Gasteiger partial charge in [-0.1, -0.05) is 84.5 Å². The van der Waals surface area contributed by atoms with Gasteiger partial charge >= 0.3 is 71.1 Å². The SMILES string of the molecule is CCCCCCCCCC(CCCCCCCC)OC(=O)C(CC(=O)O)S(=O)(=O)O.[NaH].[NaH]. The molecule has 0 radical (unpaired) electrons. The van der Waals surface area contributed by atoms with Crippen molar-refractivity contribution in [2.75, 3.05) is 0 Å². The number of carboxylic acid groups (broad SMARTS) is 1. The van der Waals surface area contributed by atoms with Gasteiger partial charge in [-0.2, -0.15) is 8.42 Å². The molecule has 10 heteroatoms. The van der Waals surface area contributed by atoms with Crippen molar-refractivity contribution < 1.29 is 32.4 Å². The third kappa shape index (κ3) is 21.4. The van der Waals surface area contributed by atoms with Crippen LogP contribution in [0.5, 0.6) is 0 Å². The standard InChI is InChI=1S/C22H42O7S.2Na.2H/c1-3-5-7-9-11-13-15-17-19(16-14-12-10-8-6-4-2)29-22(25)20(18-21(23)24)30(26,27)28;;;;/h19-20H,3-18H2,1-2H3,(H,23,24)(H,26,27,28);;;;. The summed E-state index contributed by atoms with van der Waals surface area (Å²) in [6.45, 7) is 4.33. The zero-order valence-electron chi connectivity index (χ0n) is 18.8. The van der Waals surface area contributed by atoms with Crippen molar-refractivity contribution in [2.45, 2.75) is 128 Å². The topological polar surface area (TPSA) is 118 Å². The van der Waals surface area contributed by atoms with Gasteiger partial charge in [-0.3, -0.25) is 14.1 Å². The van der Waals surface area contributed by atoms with Gasteiger partial charge < -0.3 is 9.84 Å². The molecular weight excluding hydrogens is 454 g/mol. The molecule has 0 saturated carbocycles. The van der Waals surface area contributed by atoms with Crippen molar-refractivity contribution in [1.29, 1.82) is 0 Å². The Morgan fingerprint density at radius 1 is 0.750 bits per heavy atom. The molecule has 0 rings (SSSR count). The molecule has 2 N–H and O–H groups in total. The maximum atomic E-state index is 12.3. The summed E-state index contributed by atoms with van der Waals surface area (Å²) >= 11 is 0. The Hall–Kier alpha value is 0.850. The predicted octanol–water partition coefficient (Wildman–Crippen LogP) is 4.22. The van der Waals surface area contributed by atoms with Gasteiger partial charge in [-0.15, -0.1) is 0 Å². The van der Waals surface area contributed by atoms with Crippen LogP contribution in [0.1, 0.15) is 117 Å². The van der Waals surface area contributed by atoms with Gasteiger partial charge in [-0.05, 0) is 25.7 Å². The minimum atomic E-state index is -4.83. The van der Waals surface area contributed by atoms with Gasteiger partial charge in [0.05, 0.1) is 6.42 Å². The van der Waals surface area contributed by atoms with Crippen LogP contribution < -0.4 is 0 Å². The molecule has 2 unspecified atom stereocenters. The third-order valence-corrected chi connectivity index (χ3v) is 6.35. The zero-order chi connectivity index (χ0) is 22.8. The van der Waals surface area contributed by atoms with Crippen LogP contribution in [0.3, 0.4) is 0 Å². The van der Waals surface area contributed by atoms with E-state index in [4.69, 9.17) is 9.84 Å². The van der Waals surface area contributed by atoms with Crippen LogP contribution in [-0.2, 0) is 24.4 Å². The first-order valence-corrected chi connectivity index (χ1v) is 13.1. The van der Waals surface area contributed by atoms with E-state index in [9.17, 15) is 22.6 Å². The van der Waals surface area contributed by atoms with Crippen LogP contribution in [0.15, 0.2) is 0 Å². The number of aliphatic carboxylic acids is 1. The van der Waals surface area contributed by atoms with Crippen LogP contribution in [-0.4, -0.2) is 100 Å². The van der Waals surface area contributed by atoms with Gasteiger partial charge in [0.1, 0.15) is 6.10 Å². The van der Waals surface area contributed by atoms with Crippen molar-refractivity contribution in [3.05, 3.63) is 0 Å². The average molecular weight is 499 g/mol. The molecule has 7 nitrogen and oxygen atoms in total. The molecule has 0 aromatic carbocycles. The molecule has 0 aliphatic heterocycles. The first-order chi connectivity index (χ1) is 14.2. The first kappa shape index (κ1) is 37.4. The molecule has 32 heavy (non-hydrogen) atoms. The molecule has 0 aliphatic carbocycles. The maximum absolute atomic E-state index is 12.3. The van der Waals surface area contributed by atoms with E-state index in [-0.39, 0.29) is 59.1 Å². The summed E-state index contributed by atoms with van der Waals surface area (Å²) in [6, 6.07) is 0. The number of ether oxygens (including phenoxy) is 1. The van der Waals surface area contributed by atoms with E-state index in [1.54, 1.807) is 0 Å². The Labute approximate surface area is 239 Å². The van der Waals surface area contributed by atoms with Crippen LogP contribution in [0.25, 0.3) is 0 Å². The predicted molar refractivity (Wildman–Crippen MR) is 132 cm³/mol. The second kappa shape index (κ2) is 23.6. The van der Waals surface area contributed by atoms with E-state index in [1.807, 2.05) is 0 Å². The quantitative estimate of drug-likeness (QED) is 0.112. The fraction of sp³-hybridized carbons (Fsp3) is 0.909. The number of unbranched alkanes of at least 4 members (excludes halogenated alkanes) is 11. The molecule has 0 heterocycles. The van der Waals surface area contributed by atoms with Crippen molar-refractivity contribution in [2.24, 2.45) is 0 Å². The molecule has 0 bridgehead atoms. The zero-order valence-corrected chi connectivity index (χ0v) is 19.6. The molecule has 2 atom stereocenters. The van der Waals surface area contributed by atoms with Crippen LogP contribution >= 0.6 is 0 Å². The van der Waals surface area contributed by atoms with Gasteiger partial charge in [-0.25, -0.2) is 0 Å². The van der Waals surface area contributed by atoms with Gasteiger partial charge in [0.2, 0.25) is 0 Å². The third-order valence-electron chi connectivity index (χ3n) is 5.27. The van der Waals surface area contributed by atoms with E-state index in [0.717, 1.165) is 38.5 Å². The Morgan fingerprint density at radius 3 is 1.47 bits per heavy atom. The van der Waals surface area contributed by atoms with Gasteiger partial charge in [0.25, 0.3) is 10.1 Å². The molecule has 0 aliphatic rings. The Morgan fingerprint density at radius 2 is 1.12 bits per heavy atom. The number of carboxylic acids is 1. The Kier molecular flexibility index (Phi) is 27.6. The van der Waals surface area contributed by atoms with E-state index in [2.05, 4.69) is 13.8 Å². The molecule has 182 valence electrons. The fourth-order valence-corrected chi connectivity index (χ4v) is 4.10. The van der Waals surface area contributed by atoms with Crippen LogP contribution in [0.4, 0.5) is 0 Å². The van der Waals surface area contributed by atoms with Crippen molar-refractivity contribution in [3.63, 3.8) is 0 Å². The summed E-state index contributed by atoms with van der Waals surface area (Å²) < 4.78 is 37.5. The van der Waals surface area contributed by atoms with E-state index in [0.29, 0.717) is 12.8 Å². The fourth-order valence-electron chi connectivity index (χ4n) is 3.45. The number of hydrogen-bond acceptors (Lipinski definition) is 5. The van der Waals surface area contributed by atoms with Crippen LogP contribution in [0, 0.1) is 0 Å². The van der Waals surface area contributed by atoms with E-state index in [1.165, 1.54) is 44.9 Å². The first-order valence-electron chi connectivity index (χ1n) is 11.6. The molecule has 0 fully saturated rings. The molecule has 0 amide bonds. The van der Waals surface area contributed by atoms with E-state index < -0.39 is 39.8 Å². The minimum absolute atomic E-state index is 0. The van der Waals surface area contributed by atoms with E-state index >= 15 is 0 Å². The van der Waals surface area contributed by atoms with Crippen molar-refractivity contribution in [1.82, 2.24) is 0 Å². The number of hydrogen-bond donors (Lipinski definition) is 2. The number of carbonyl (C=O) groups excluding carboxylic acids is 1. The summed E-state index contributed by atoms with van der Waals surface area (Å²) in [5.41, 5.74) is 0. The van der Waals surface area contributed by atoms with Gasteiger partial charge in [0, 0.05) is 0 Å². The second-order valence-electron chi connectivity index (χ2n) is 8.13. The normalized spacial score (nSPS) is 12.8. The van der Waals surface area contributed by atoms with Crippen LogP contribution in [0.2, 0.25) is 0 Å². The number of esters is 1. The summed E-state index contributed by atoms with van der Waals surface area (Å²) in [5, 5.41) is 6.78. The van der Waals surface area contributed by atoms with Crippen molar-refractivity contribution in [3.8, 4) is 0 Å². The number of carbonyl (C=O) groups is 2. The molecule has 0 aromatic heterocycles. The Bertz CT molecular complexity index is 571. The summed E-state index contributed by atoms with van der Waals surface area (Å²) in [5.74, 6) is -2.65. The monoisotopic (exact) mass is 498 g/mol. The summed E-state index contributed by atoms with van der Waals surface area (Å²) in [7, 11) is -4.83. The average Bonchev–Trinajstić information content (AvgIpc) is 2.66. The number of rotatable bonds is 20. The Balaban J connectivity index is -0.00000420. The summed E-state index contributed by atoms with van der Waals surface area (Å²) in [4.78, 5) is 23.2.